The fourth-order valence-electron chi connectivity index (χ4n) is 3.45. The molecule has 2 amide bonds. The van der Waals surface area contributed by atoms with Crippen molar-refractivity contribution in [2.24, 2.45) is 0 Å². The van der Waals surface area contributed by atoms with E-state index in [-0.39, 0.29) is 6.03 Å². The van der Waals surface area contributed by atoms with E-state index in [0.29, 0.717) is 18.1 Å². The molecule has 2 unspecified atom stereocenters. The van der Waals surface area contributed by atoms with Crippen LogP contribution in [-0.4, -0.2) is 42.1 Å². The number of rotatable bonds is 6. The van der Waals surface area contributed by atoms with E-state index in [1.54, 1.807) is 0 Å². The summed E-state index contributed by atoms with van der Waals surface area (Å²) in [6.45, 7) is 6.01. The van der Waals surface area contributed by atoms with E-state index < -0.39 is 0 Å². The summed E-state index contributed by atoms with van der Waals surface area (Å²) in [6.07, 6.45) is 8.10. The number of nitrogens with zero attached hydrogens (tertiary/aromatic N) is 1. The fourth-order valence-corrected chi connectivity index (χ4v) is 3.45. The first-order chi connectivity index (χ1) is 9.24. The minimum atomic E-state index is 0.154. The average Bonchev–Trinajstić information content (AvgIpc) is 2.75. The number of fused-ring (bicyclic) bond motifs is 2. The standard InChI is InChI=1S/C15H29N3O/c1-3-5-8-16-15(19)18(9-4-2)14-10-12-6-7-13(11-14)17-12/h12-14,17H,3-11H2,1-2H3,(H,16,19). The number of carbonyl (C=O) groups is 1. The summed E-state index contributed by atoms with van der Waals surface area (Å²) in [5, 5.41) is 6.73. The van der Waals surface area contributed by atoms with Crippen LogP contribution in [0.3, 0.4) is 0 Å². The maximum absolute atomic E-state index is 12.3. The van der Waals surface area contributed by atoms with Crippen LogP contribution >= 0.6 is 0 Å². The average molecular weight is 267 g/mol. The van der Waals surface area contributed by atoms with Crippen LogP contribution in [0.4, 0.5) is 4.79 Å². The molecule has 0 saturated carbocycles. The SMILES string of the molecule is CCCCNC(=O)N(CCC)C1CC2CCC(C1)N2. The van der Waals surface area contributed by atoms with Gasteiger partial charge in [0.05, 0.1) is 0 Å². The summed E-state index contributed by atoms with van der Waals surface area (Å²) in [5.74, 6) is 0. The van der Waals surface area contributed by atoms with Gasteiger partial charge in [0.1, 0.15) is 0 Å². The van der Waals surface area contributed by atoms with E-state index in [9.17, 15) is 4.79 Å². The molecule has 2 atom stereocenters. The fraction of sp³-hybridized carbons (Fsp3) is 0.933. The third-order valence-electron chi connectivity index (χ3n) is 4.42. The number of nitrogens with one attached hydrogen (secondary N) is 2. The second-order valence-corrected chi connectivity index (χ2v) is 6.04. The molecule has 2 N–H and O–H groups in total. The minimum Gasteiger partial charge on any atom is -0.338 e. The number of amides is 2. The molecule has 0 aliphatic carbocycles. The van der Waals surface area contributed by atoms with E-state index in [1.165, 1.54) is 12.8 Å². The van der Waals surface area contributed by atoms with Gasteiger partial charge in [0.25, 0.3) is 0 Å². The number of urea groups is 1. The van der Waals surface area contributed by atoms with Crippen LogP contribution in [-0.2, 0) is 0 Å². The molecular weight excluding hydrogens is 238 g/mol. The van der Waals surface area contributed by atoms with Crippen molar-refractivity contribution in [3.8, 4) is 0 Å². The molecule has 2 rings (SSSR count). The lowest BCUT2D eigenvalue weighted by molar-refractivity contribution is 0.147. The highest BCUT2D eigenvalue weighted by Gasteiger charge is 2.37. The molecule has 0 aromatic carbocycles. The lowest BCUT2D eigenvalue weighted by Gasteiger charge is -2.37. The molecule has 2 bridgehead atoms. The second kappa shape index (κ2) is 7.13. The Morgan fingerprint density at radius 2 is 1.89 bits per heavy atom. The second-order valence-electron chi connectivity index (χ2n) is 6.04. The first kappa shape index (κ1) is 14.6. The molecule has 2 heterocycles. The van der Waals surface area contributed by atoms with Crippen molar-refractivity contribution < 1.29 is 4.79 Å². The highest BCUT2D eigenvalue weighted by Crippen LogP contribution is 2.29. The number of carbonyl (C=O) groups excluding carboxylic acids is 1. The van der Waals surface area contributed by atoms with Gasteiger partial charge in [-0.25, -0.2) is 4.79 Å². The Bertz CT molecular complexity index is 283. The third-order valence-corrected chi connectivity index (χ3v) is 4.42. The maximum Gasteiger partial charge on any atom is 0.317 e. The van der Waals surface area contributed by atoms with E-state index in [4.69, 9.17) is 0 Å². The molecule has 0 spiro atoms. The molecule has 2 saturated heterocycles. The van der Waals surface area contributed by atoms with Gasteiger partial charge in [-0.3, -0.25) is 0 Å². The van der Waals surface area contributed by atoms with Gasteiger partial charge < -0.3 is 15.5 Å². The molecule has 4 heteroatoms. The molecule has 0 aromatic heterocycles. The summed E-state index contributed by atoms with van der Waals surface area (Å²) in [6, 6.07) is 1.89. The smallest absolute Gasteiger partial charge is 0.317 e. The van der Waals surface area contributed by atoms with Crippen molar-refractivity contribution in [1.29, 1.82) is 0 Å². The summed E-state index contributed by atoms with van der Waals surface area (Å²) in [5.41, 5.74) is 0. The van der Waals surface area contributed by atoms with E-state index >= 15 is 0 Å². The summed E-state index contributed by atoms with van der Waals surface area (Å²) < 4.78 is 0. The Hall–Kier alpha value is -0.770. The third kappa shape index (κ3) is 3.85. The molecule has 4 nitrogen and oxygen atoms in total. The number of unbranched alkanes of at least 4 members (excludes halogenated alkanes) is 1. The van der Waals surface area contributed by atoms with Crippen molar-refractivity contribution in [3.63, 3.8) is 0 Å². The molecule has 0 aromatic rings. The van der Waals surface area contributed by atoms with Gasteiger partial charge in [0.15, 0.2) is 0 Å². The normalized spacial score (nSPS) is 29.3. The van der Waals surface area contributed by atoms with Gasteiger partial charge >= 0.3 is 6.03 Å². The van der Waals surface area contributed by atoms with Crippen LogP contribution < -0.4 is 10.6 Å². The quantitative estimate of drug-likeness (QED) is 0.726. The molecule has 19 heavy (non-hydrogen) atoms. The lowest BCUT2D eigenvalue weighted by atomic mass is 9.98. The van der Waals surface area contributed by atoms with Gasteiger partial charge in [0, 0.05) is 31.2 Å². The van der Waals surface area contributed by atoms with Crippen LogP contribution in [0.1, 0.15) is 58.8 Å². The van der Waals surface area contributed by atoms with Crippen LogP contribution in [0.15, 0.2) is 0 Å². The molecular formula is C15H29N3O. The van der Waals surface area contributed by atoms with E-state index in [2.05, 4.69) is 29.4 Å². The zero-order valence-electron chi connectivity index (χ0n) is 12.5. The van der Waals surface area contributed by atoms with Gasteiger partial charge in [-0.1, -0.05) is 20.3 Å². The van der Waals surface area contributed by atoms with Crippen LogP contribution in [0.5, 0.6) is 0 Å². The monoisotopic (exact) mass is 267 g/mol. The van der Waals surface area contributed by atoms with Crippen molar-refractivity contribution in [3.05, 3.63) is 0 Å². The first-order valence-corrected chi connectivity index (χ1v) is 8.05. The molecule has 2 aliphatic heterocycles. The molecule has 2 fully saturated rings. The highest BCUT2D eigenvalue weighted by molar-refractivity contribution is 5.74. The predicted octanol–water partition coefficient (Wildman–Crippen LogP) is 2.49. The minimum absolute atomic E-state index is 0.154. The van der Waals surface area contributed by atoms with Crippen molar-refractivity contribution >= 4 is 6.03 Å². The van der Waals surface area contributed by atoms with Gasteiger partial charge in [0.2, 0.25) is 0 Å². The van der Waals surface area contributed by atoms with Crippen molar-refractivity contribution in [2.45, 2.75) is 76.9 Å². The summed E-state index contributed by atoms with van der Waals surface area (Å²) >= 11 is 0. The zero-order valence-corrected chi connectivity index (χ0v) is 12.5. The predicted molar refractivity (Wildman–Crippen MR) is 78.3 cm³/mol. The zero-order chi connectivity index (χ0) is 13.7. The van der Waals surface area contributed by atoms with Gasteiger partial charge in [-0.15, -0.1) is 0 Å². The summed E-state index contributed by atoms with van der Waals surface area (Å²) in [7, 11) is 0. The number of piperidine rings is 1. The molecule has 2 aliphatic rings. The van der Waals surface area contributed by atoms with E-state index in [1.807, 2.05) is 0 Å². The van der Waals surface area contributed by atoms with Crippen LogP contribution in [0.2, 0.25) is 0 Å². The van der Waals surface area contributed by atoms with Gasteiger partial charge in [-0.2, -0.15) is 0 Å². The van der Waals surface area contributed by atoms with Crippen molar-refractivity contribution in [2.75, 3.05) is 13.1 Å². The number of hydrogen-bond donors (Lipinski definition) is 2. The molecule has 0 radical (unpaired) electrons. The van der Waals surface area contributed by atoms with Gasteiger partial charge in [-0.05, 0) is 38.5 Å². The van der Waals surface area contributed by atoms with E-state index in [0.717, 1.165) is 45.2 Å². The topological polar surface area (TPSA) is 44.4 Å². The Morgan fingerprint density at radius 1 is 1.21 bits per heavy atom. The first-order valence-electron chi connectivity index (χ1n) is 8.05. The van der Waals surface area contributed by atoms with Crippen molar-refractivity contribution in [1.82, 2.24) is 15.5 Å². The highest BCUT2D eigenvalue weighted by atomic mass is 16.2. The van der Waals surface area contributed by atoms with Crippen LogP contribution in [0.25, 0.3) is 0 Å². The Labute approximate surface area is 117 Å². The Kier molecular flexibility index (Phi) is 5.49. The summed E-state index contributed by atoms with van der Waals surface area (Å²) in [4.78, 5) is 14.4. The number of hydrogen-bond acceptors (Lipinski definition) is 2. The Balaban J connectivity index is 1.89. The Morgan fingerprint density at radius 3 is 2.47 bits per heavy atom. The van der Waals surface area contributed by atoms with Crippen LogP contribution in [0, 0.1) is 0 Å². The lowest BCUT2D eigenvalue weighted by Crippen LogP contribution is -2.53. The largest absolute Gasteiger partial charge is 0.338 e. The molecule has 110 valence electrons. The maximum atomic E-state index is 12.3.